The van der Waals surface area contributed by atoms with Crippen LogP contribution in [0, 0.1) is 5.41 Å². The molecule has 0 atom stereocenters. The quantitative estimate of drug-likeness (QED) is 0.748. The maximum atomic E-state index is 12.9. The fourth-order valence-corrected chi connectivity index (χ4v) is 4.41. The van der Waals surface area contributed by atoms with E-state index in [2.05, 4.69) is 50.6 Å². The molecule has 21 heavy (non-hydrogen) atoms. The highest BCUT2D eigenvalue weighted by atomic mass is 16.2. The summed E-state index contributed by atoms with van der Waals surface area (Å²) >= 11 is 0. The van der Waals surface area contributed by atoms with Crippen LogP contribution in [-0.2, 0) is 4.79 Å². The van der Waals surface area contributed by atoms with Gasteiger partial charge >= 0.3 is 0 Å². The Balaban J connectivity index is 2.04. The van der Waals surface area contributed by atoms with Gasteiger partial charge in [-0.25, -0.2) is 0 Å². The van der Waals surface area contributed by atoms with E-state index in [9.17, 15) is 4.79 Å². The molecule has 2 saturated heterocycles. The molecule has 2 aliphatic heterocycles. The number of carbonyl (C=O) groups is 1. The van der Waals surface area contributed by atoms with Gasteiger partial charge in [0.1, 0.15) is 0 Å². The van der Waals surface area contributed by atoms with Gasteiger partial charge in [0.2, 0.25) is 5.91 Å². The van der Waals surface area contributed by atoms with Crippen LogP contribution in [-0.4, -0.2) is 36.1 Å². The Labute approximate surface area is 129 Å². The molecular weight excluding hydrogens is 262 g/mol. The molecule has 4 heteroatoms. The van der Waals surface area contributed by atoms with Gasteiger partial charge in [-0.3, -0.25) is 4.79 Å². The summed E-state index contributed by atoms with van der Waals surface area (Å²) in [6, 6.07) is 0.280. The Morgan fingerprint density at radius 1 is 1.10 bits per heavy atom. The van der Waals surface area contributed by atoms with Crippen molar-refractivity contribution in [1.29, 1.82) is 0 Å². The summed E-state index contributed by atoms with van der Waals surface area (Å²) in [5, 5.41) is 10.4. The molecule has 0 aliphatic carbocycles. The molecule has 0 spiro atoms. The van der Waals surface area contributed by atoms with Gasteiger partial charge in [-0.15, -0.1) is 0 Å². The van der Waals surface area contributed by atoms with Crippen molar-refractivity contribution in [3.63, 3.8) is 0 Å². The summed E-state index contributed by atoms with van der Waals surface area (Å²) in [5.41, 5.74) is 0.00476. The molecule has 0 radical (unpaired) electrons. The van der Waals surface area contributed by atoms with Gasteiger partial charge in [-0.05, 0) is 72.9 Å². The molecular formula is C17H33N3O. The average molecular weight is 295 g/mol. The van der Waals surface area contributed by atoms with Crippen LogP contribution in [0.15, 0.2) is 0 Å². The molecule has 2 fully saturated rings. The lowest BCUT2D eigenvalue weighted by Crippen LogP contribution is -2.63. The van der Waals surface area contributed by atoms with Crippen molar-refractivity contribution in [1.82, 2.24) is 16.0 Å². The number of hydrogen-bond donors (Lipinski definition) is 3. The monoisotopic (exact) mass is 295 g/mol. The van der Waals surface area contributed by atoms with Crippen LogP contribution in [0.3, 0.4) is 0 Å². The fraction of sp³-hybridized carbons (Fsp3) is 0.941. The minimum atomic E-state index is -0.148. The summed E-state index contributed by atoms with van der Waals surface area (Å²) in [6.45, 7) is 13.0. The van der Waals surface area contributed by atoms with Gasteiger partial charge in [0.15, 0.2) is 0 Å². The third-order valence-electron chi connectivity index (χ3n) is 5.24. The van der Waals surface area contributed by atoms with E-state index < -0.39 is 0 Å². The van der Waals surface area contributed by atoms with Gasteiger partial charge < -0.3 is 16.0 Å². The first-order valence-electron chi connectivity index (χ1n) is 8.49. The summed E-state index contributed by atoms with van der Waals surface area (Å²) in [6.07, 6.45) is 4.87. The van der Waals surface area contributed by atoms with Crippen LogP contribution in [0.4, 0.5) is 0 Å². The second kappa shape index (κ2) is 5.88. The Morgan fingerprint density at radius 3 is 2.10 bits per heavy atom. The van der Waals surface area contributed by atoms with E-state index in [1.165, 1.54) is 0 Å². The minimum Gasteiger partial charge on any atom is -0.353 e. The van der Waals surface area contributed by atoms with Crippen LogP contribution in [0.2, 0.25) is 0 Å². The normalized spacial score (nSPS) is 28.0. The molecule has 4 nitrogen and oxygen atoms in total. The SMILES string of the molecule is CCC1(C(=O)NC2CC(C)(C)NC(C)(C)C2)CCNCC1. The maximum Gasteiger partial charge on any atom is 0.226 e. The lowest BCUT2D eigenvalue weighted by Gasteiger charge is -2.47. The highest BCUT2D eigenvalue weighted by Crippen LogP contribution is 2.34. The first-order chi connectivity index (χ1) is 9.68. The molecule has 0 unspecified atom stereocenters. The first kappa shape index (κ1) is 16.8. The van der Waals surface area contributed by atoms with Crippen molar-refractivity contribution in [3.05, 3.63) is 0 Å². The molecule has 3 N–H and O–H groups in total. The third kappa shape index (κ3) is 3.98. The zero-order chi connectivity index (χ0) is 15.7. The highest BCUT2D eigenvalue weighted by Gasteiger charge is 2.42. The molecule has 2 heterocycles. The van der Waals surface area contributed by atoms with Crippen LogP contribution in [0.5, 0.6) is 0 Å². The van der Waals surface area contributed by atoms with E-state index in [4.69, 9.17) is 0 Å². The Bertz CT molecular complexity index is 367. The zero-order valence-electron chi connectivity index (χ0n) is 14.4. The first-order valence-corrected chi connectivity index (χ1v) is 8.49. The van der Waals surface area contributed by atoms with E-state index in [0.29, 0.717) is 0 Å². The Hall–Kier alpha value is -0.610. The summed E-state index contributed by atoms with van der Waals surface area (Å²) in [5.74, 6) is 0.282. The number of piperidine rings is 2. The predicted molar refractivity (Wildman–Crippen MR) is 87.3 cm³/mol. The Kier molecular flexibility index (Phi) is 4.69. The number of carbonyl (C=O) groups excluding carboxylic acids is 1. The number of hydrogen-bond acceptors (Lipinski definition) is 3. The van der Waals surface area contributed by atoms with Crippen LogP contribution in [0.25, 0.3) is 0 Å². The summed E-state index contributed by atoms with van der Waals surface area (Å²) in [4.78, 5) is 12.9. The topological polar surface area (TPSA) is 53.2 Å². The Morgan fingerprint density at radius 2 is 1.62 bits per heavy atom. The molecule has 0 aromatic heterocycles. The predicted octanol–water partition coefficient (Wildman–Crippen LogP) is 2.19. The van der Waals surface area contributed by atoms with Crippen molar-refractivity contribution in [2.24, 2.45) is 5.41 Å². The fourth-order valence-electron chi connectivity index (χ4n) is 4.41. The van der Waals surface area contributed by atoms with E-state index in [0.717, 1.165) is 45.2 Å². The number of nitrogens with one attached hydrogen (secondary N) is 3. The molecule has 0 aromatic carbocycles. The molecule has 2 aliphatic rings. The molecule has 0 saturated carbocycles. The molecule has 0 aromatic rings. The summed E-state index contributed by atoms with van der Waals surface area (Å²) in [7, 11) is 0. The van der Waals surface area contributed by atoms with E-state index in [1.54, 1.807) is 0 Å². The highest BCUT2D eigenvalue weighted by molar-refractivity contribution is 5.83. The van der Waals surface area contributed by atoms with Gasteiger partial charge in [-0.1, -0.05) is 6.92 Å². The second-order valence-corrected chi connectivity index (χ2v) is 8.36. The van der Waals surface area contributed by atoms with Crippen molar-refractivity contribution in [2.45, 2.75) is 83.8 Å². The second-order valence-electron chi connectivity index (χ2n) is 8.36. The van der Waals surface area contributed by atoms with Crippen molar-refractivity contribution >= 4 is 5.91 Å². The molecule has 122 valence electrons. The zero-order valence-corrected chi connectivity index (χ0v) is 14.4. The van der Waals surface area contributed by atoms with Gasteiger partial charge in [0, 0.05) is 17.1 Å². The molecule has 2 rings (SSSR count). The lowest BCUT2D eigenvalue weighted by atomic mass is 9.74. The number of rotatable bonds is 3. The van der Waals surface area contributed by atoms with Gasteiger partial charge in [0.05, 0.1) is 5.41 Å². The van der Waals surface area contributed by atoms with Crippen molar-refractivity contribution in [2.75, 3.05) is 13.1 Å². The molecule has 0 bridgehead atoms. The van der Waals surface area contributed by atoms with Gasteiger partial charge in [0.25, 0.3) is 0 Å². The third-order valence-corrected chi connectivity index (χ3v) is 5.24. The average Bonchev–Trinajstić information content (AvgIpc) is 2.35. The van der Waals surface area contributed by atoms with E-state index in [1.807, 2.05) is 0 Å². The smallest absolute Gasteiger partial charge is 0.226 e. The van der Waals surface area contributed by atoms with Crippen molar-refractivity contribution < 1.29 is 4.79 Å². The summed E-state index contributed by atoms with van der Waals surface area (Å²) < 4.78 is 0. The van der Waals surface area contributed by atoms with E-state index in [-0.39, 0.29) is 28.4 Å². The molecule has 1 amide bonds. The lowest BCUT2D eigenvalue weighted by molar-refractivity contribution is -0.134. The van der Waals surface area contributed by atoms with Crippen LogP contribution >= 0.6 is 0 Å². The van der Waals surface area contributed by atoms with Crippen LogP contribution < -0.4 is 16.0 Å². The minimum absolute atomic E-state index is 0.0766. The van der Waals surface area contributed by atoms with Gasteiger partial charge in [-0.2, -0.15) is 0 Å². The van der Waals surface area contributed by atoms with Crippen molar-refractivity contribution in [3.8, 4) is 0 Å². The maximum absolute atomic E-state index is 12.9. The van der Waals surface area contributed by atoms with Crippen LogP contribution in [0.1, 0.15) is 66.7 Å². The largest absolute Gasteiger partial charge is 0.353 e. The van der Waals surface area contributed by atoms with E-state index >= 15 is 0 Å². The standard InChI is InChI=1S/C17H33N3O/c1-6-17(7-9-18-10-8-17)14(21)19-13-11-15(2,3)20-16(4,5)12-13/h13,18,20H,6-12H2,1-5H3,(H,19,21). The number of amides is 1.